The summed E-state index contributed by atoms with van der Waals surface area (Å²) >= 11 is 5.86. The van der Waals surface area contributed by atoms with Crippen molar-refractivity contribution in [2.45, 2.75) is 32.2 Å². The molecular formula is C11H16ClN3O. The van der Waals surface area contributed by atoms with Crippen LogP contribution in [-0.4, -0.2) is 34.3 Å². The van der Waals surface area contributed by atoms with E-state index in [1.54, 1.807) is 0 Å². The maximum atomic E-state index is 8.89. The van der Waals surface area contributed by atoms with Gasteiger partial charge in [0.05, 0.1) is 0 Å². The lowest BCUT2D eigenvalue weighted by molar-refractivity contribution is 0.289. The molecule has 1 fully saturated rings. The van der Waals surface area contributed by atoms with E-state index in [0.29, 0.717) is 11.3 Å². The number of aryl methyl sites for hydroxylation is 1. The molecule has 4 nitrogen and oxygen atoms in total. The molecule has 1 saturated carbocycles. The van der Waals surface area contributed by atoms with E-state index in [-0.39, 0.29) is 6.61 Å². The van der Waals surface area contributed by atoms with E-state index in [2.05, 4.69) is 14.9 Å². The van der Waals surface area contributed by atoms with Crippen molar-refractivity contribution in [1.29, 1.82) is 0 Å². The molecule has 0 aliphatic heterocycles. The zero-order valence-electron chi connectivity index (χ0n) is 9.36. The zero-order valence-corrected chi connectivity index (χ0v) is 10.1. The van der Waals surface area contributed by atoms with Crippen LogP contribution in [0, 0.1) is 6.92 Å². The molecule has 0 saturated heterocycles. The van der Waals surface area contributed by atoms with Gasteiger partial charge in [0.25, 0.3) is 0 Å². The molecule has 88 valence electrons. The van der Waals surface area contributed by atoms with Crippen LogP contribution in [0.4, 0.5) is 5.82 Å². The summed E-state index contributed by atoms with van der Waals surface area (Å²) in [5, 5.41) is 9.18. The van der Waals surface area contributed by atoms with Crippen molar-refractivity contribution in [2.75, 3.05) is 18.1 Å². The normalized spacial score (nSPS) is 15.2. The van der Waals surface area contributed by atoms with Gasteiger partial charge in [-0.25, -0.2) is 9.97 Å². The predicted molar refractivity (Wildman–Crippen MR) is 63.8 cm³/mol. The van der Waals surface area contributed by atoms with Crippen LogP contribution in [0.2, 0.25) is 5.28 Å². The Balaban J connectivity index is 2.16. The van der Waals surface area contributed by atoms with E-state index in [1.165, 1.54) is 12.8 Å². The summed E-state index contributed by atoms with van der Waals surface area (Å²) in [7, 11) is 0. The molecule has 1 aliphatic rings. The Morgan fingerprint density at radius 2 is 2.25 bits per heavy atom. The Bertz CT molecular complexity index is 348. The van der Waals surface area contributed by atoms with E-state index in [1.807, 2.05) is 13.0 Å². The van der Waals surface area contributed by atoms with Gasteiger partial charge in [-0.1, -0.05) is 0 Å². The van der Waals surface area contributed by atoms with Gasteiger partial charge in [-0.15, -0.1) is 0 Å². The first-order valence-corrected chi connectivity index (χ1v) is 5.97. The highest BCUT2D eigenvalue weighted by molar-refractivity contribution is 6.28. The number of halogens is 1. The first kappa shape index (κ1) is 11.6. The molecule has 1 N–H and O–H groups in total. The Morgan fingerprint density at radius 1 is 1.50 bits per heavy atom. The number of hydrogen-bond acceptors (Lipinski definition) is 4. The monoisotopic (exact) mass is 241 g/mol. The first-order valence-electron chi connectivity index (χ1n) is 5.59. The first-order chi connectivity index (χ1) is 7.70. The van der Waals surface area contributed by atoms with Crippen molar-refractivity contribution in [3.8, 4) is 0 Å². The minimum atomic E-state index is 0.209. The molecule has 1 aliphatic carbocycles. The third-order valence-corrected chi connectivity index (χ3v) is 2.82. The predicted octanol–water partition coefficient (Wildman–Crippen LogP) is 1.79. The Labute approximate surface area is 100 Å². The van der Waals surface area contributed by atoms with E-state index >= 15 is 0 Å². The number of anilines is 1. The standard InChI is InChI=1S/C11H16ClN3O/c1-8-7-10(14-11(12)13-8)15(5-2-6-16)9-3-4-9/h7,9,16H,2-6H2,1H3. The van der Waals surface area contributed by atoms with Crippen LogP contribution in [0.25, 0.3) is 0 Å². The van der Waals surface area contributed by atoms with Gasteiger partial charge in [0.1, 0.15) is 5.82 Å². The largest absolute Gasteiger partial charge is 0.396 e. The SMILES string of the molecule is Cc1cc(N(CCCO)C2CC2)nc(Cl)n1. The molecule has 0 aromatic carbocycles. The van der Waals surface area contributed by atoms with Crippen molar-refractivity contribution in [1.82, 2.24) is 9.97 Å². The molecule has 5 heteroatoms. The third kappa shape index (κ3) is 2.83. The Hall–Kier alpha value is -0.870. The van der Waals surface area contributed by atoms with Crippen molar-refractivity contribution < 1.29 is 5.11 Å². The van der Waals surface area contributed by atoms with Crippen LogP contribution in [0.3, 0.4) is 0 Å². The molecule has 0 radical (unpaired) electrons. The average Bonchev–Trinajstić information content (AvgIpc) is 3.01. The van der Waals surface area contributed by atoms with E-state index in [9.17, 15) is 0 Å². The fourth-order valence-electron chi connectivity index (χ4n) is 1.78. The second kappa shape index (κ2) is 4.97. The summed E-state index contributed by atoms with van der Waals surface area (Å²) in [6, 6.07) is 2.51. The molecule has 0 atom stereocenters. The van der Waals surface area contributed by atoms with Crippen molar-refractivity contribution in [3.63, 3.8) is 0 Å². The highest BCUT2D eigenvalue weighted by Crippen LogP contribution is 2.31. The van der Waals surface area contributed by atoms with Gasteiger partial charge < -0.3 is 10.0 Å². The van der Waals surface area contributed by atoms with E-state index in [4.69, 9.17) is 16.7 Å². The lowest BCUT2D eigenvalue weighted by atomic mass is 10.3. The number of aliphatic hydroxyl groups is 1. The van der Waals surface area contributed by atoms with Crippen molar-refractivity contribution in [2.24, 2.45) is 0 Å². The van der Waals surface area contributed by atoms with Crippen LogP contribution in [-0.2, 0) is 0 Å². The highest BCUT2D eigenvalue weighted by Gasteiger charge is 2.29. The van der Waals surface area contributed by atoms with Crippen LogP contribution in [0.5, 0.6) is 0 Å². The summed E-state index contributed by atoms with van der Waals surface area (Å²) in [5.74, 6) is 0.883. The molecule has 0 bridgehead atoms. The molecule has 1 aromatic rings. The van der Waals surface area contributed by atoms with Crippen molar-refractivity contribution >= 4 is 17.4 Å². The summed E-state index contributed by atoms with van der Waals surface area (Å²) in [5.41, 5.74) is 0.879. The third-order valence-electron chi connectivity index (χ3n) is 2.65. The minimum absolute atomic E-state index is 0.209. The van der Waals surface area contributed by atoms with Crippen LogP contribution in [0.15, 0.2) is 6.07 Å². The minimum Gasteiger partial charge on any atom is -0.396 e. The molecule has 2 rings (SSSR count). The lowest BCUT2D eigenvalue weighted by Crippen LogP contribution is -2.28. The van der Waals surface area contributed by atoms with Crippen LogP contribution in [0.1, 0.15) is 25.0 Å². The number of aromatic nitrogens is 2. The van der Waals surface area contributed by atoms with Gasteiger partial charge in [0.15, 0.2) is 0 Å². The van der Waals surface area contributed by atoms with E-state index in [0.717, 1.165) is 24.5 Å². The summed E-state index contributed by atoms with van der Waals surface area (Å²) in [6.07, 6.45) is 3.16. The molecule has 1 heterocycles. The second-order valence-corrected chi connectivity index (χ2v) is 4.48. The van der Waals surface area contributed by atoms with Gasteiger partial charge in [0.2, 0.25) is 5.28 Å². The molecule has 0 amide bonds. The average molecular weight is 242 g/mol. The highest BCUT2D eigenvalue weighted by atomic mass is 35.5. The zero-order chi connectivity index (χ0) is 11.5. The molecule has 0 unspecified atom stereocenters. The Morgan fingerprint density at radius 3 is 2.81 bits per heavy atom. The number of nitrogens with zero attached hydrogens (tertiary/aromatic N) is 3. The maximum Gasteiger partial charge on any atom is 0.224 e. The molecule has 16 heavy (non-hydrogen) atoms. The summed E-state index contributed by atoms with van der Waals surface area (Å²) in [6.45, 7) is 2.95. The smallest absolute Gasteiger partial charge is 0.224 e. The van der Waals surface area contributed by atoms with Gasteiger partial charge >= 0.3 is 0 Å². The van der Waals surface area contributed by atoms with E-state index < -0.39 is 0 Å². The second-order valence-electron chi connectivity index (χ2n) is 4.14. The fraction of sp³-hybridized carbons (Fsp3) is 0.636. The van der Waals surface area contributed by atoms with Crippen LogP contribution < -0.4 is 4.90 Å². The fourth-order valence-corrected chi connectivity index (χ4v) is 1.99. The number of aliphatic hydroxyl groups excluding tert-OH is 1. The van der Waals surface area contributed by atoms with Gasteiger partial charge in [-0.3, -0.25) is 0 Å². The van der Waals surface area contributed by atoms with Gasteiger partial charge in [0, 0.05) is 31.0 Å². The summed E-state index contributed by atoms with van der Waals surface area (Å²) in [4.78, 5) is 10.5. The molecular weight excluding hydrogens is 226 g/mol. The van der Waals surface area contributed by atoms with Gasteiger partial charge in [-0.2, -0.15) is 0 Å². The Kier molecular flexibility index (Phi) is 3.61. The number of rotatable bonds is 5. The maximum absolute atomic E-state index is 8.89. The lowest BCUT2D eigenvalue weighted by Gasteiger charge is -2.23. The van der Waals surface area contributed by atoms with Crippen LogP contribution >= 0.6 is 11.6 Å². The number of hydrogen-bond donors (Lipinski definition) is 1. The molecule has 0 spiro atoms. The topological polar surface area (TPSA) is 49.2 Å². The van der Waals surface area contributed by atoms with Gasteiger partial charge in [-0.05, 0) is 37.8 Å². The quantitative estimate of drug-likeness (QED) is 0.799. The summed E-state index contributed by atoms with van der Waals surface area (Å²) < 4.78 is 0. The van der Waals surface area contributed by atoms with Crippen molar-refractivity contribution in [3.05, 3.63) is 17.0 Å². The molecule has 1 aromatic heterocycles.